The third-order valence-corrected chi connectivity index (χ3v) is 4.39. The number of non-ortho nitro benzene ring substituents is 1. The van der Waals surface area contributed by atoms with Gasteiger partial charge in [0.15, 0.2) is 0 Å². The Balaban J connectivity index is 1.88. The highest BCUT2D eigenvalue weighted by atomic mass is 16.6. The van der Waals surface area contributed by atoms with Crippen LogP contribution in [0.2, 0.25) is 0 Å². The van der Waals surface area contributed by atoms with E-state index in [1.807, 2.05) is 0 Å². The summed E-state index contributed by atoms with van der Waals surface area (Å²) in [4.78, 5) is 14.8. The summed E-state index contributed by atoms with van der Waals surface area (Å²) in [6, 6.07) is 15.7. The lowest BCUT2D eigenvalue weighted by Gasteiger charge is -2.09. The first-order valence-corrected chi connectivity index (χ1v) is 9.18. The van der Waals surface area contributed by atoms with Crippen molar-refractivity contribution in [3.63, 3.8) is 0 Å². The van der Waals surface area contributed by atoms with Crippen molar-refractivity contribution in [1.82, 2.24) is 0 Å². The predicted molar refractivity (Wildman–Crippen MR) is 117 cm³/mol. The second-order valence-corrected chi connectivity index (χ2v) is 6.41. The van der Waals surface area contributed by atoms with Crippen LogP contribution in [0, 0.1) is 10.1 Å². The lowest BCUT2D eigenvalue weighted by molar-refractivity contribution is -0.384. The van der Waals surface area contributed by atoms with Gasteiger partial charge in [0, 0.05) is 29.5 Å². The molecule has 0 atom stereocenters. The van der Waals surface area contributed by atoms with Crippen LogP contribution in [0.1, 0.15) is 12.5 Å². The molecule has 0 aromatic heterocycles. The molecule has 0 aliphatic rings. The average Bonchev–Trinajstić information content (AvgIpc) is 2.78. The minimum atomic E-state index is -0.479. The number of methoxy groups -OCH3 is 2. The van der Waals surface area contributed by atoms with E-state index in [0.717, 1.165) is 0 Å². The summed E-state index contributed by atoms with van der Waals surface area (Å²) in [6.07, 6.45) is 0. The van der Waals surface area contributed by atoms with Crippen LogP contribution in [0.25, 0.3) is 0 Å². The summed E-state index contributed by atoms with van der Waals surface area (Å²) >= 11 is 0. The molecule has 31 heavy (non-hydrogen) atoms. The zero-order valence-electron chi connectivity index (χ0n) is 17.1. The quantitative estimate of drug-likeness (QED) is 0.222. The number of benzene rings is 3. The first kappa shape index (κ1) is 21.4. The van der Waals surface area contributed by atoms with Crippen molar-refractivity contribution in [2.24, 2.45) is 15.2 Å². The molecule has 3 aromatic carbocycles. The zero-order valence-corrected chi connectivity index (χ0v) is 17.1. The summed E-state index contributed by atoms with van der Waals surface area (Å²) in [7, 11) is 3.11. The van der Waals surface area contributed by atoms with Crippen LogP contribution >= 0.6 is 0 Å². The number of aliphatic imine (C=N–C) groups is 1. The third-order valence-electron chi connectivity index (χ3n) is 4.39. The minimum absolute atomic E-state index is 0.0216. The Hall–Kier alpha value is -4.27. The highest BCUT2D eigenvalue weighted by Crippen LogP contribution is 2.33. The fourth-order valence-corrected chi connectivity index (χ4v) is 2.75. The molecule has 3 aromatic rings. The van der Waals surface area contributed by atoms with Gasteiger partial charge >= 0.3 is 0 Å². The van der Waals surface area contributed by atoms with Gasteiger partial charge in [0.25, 0.3) is 5.69 Å². The van der Waals surface area contributed by atoms with Gasteiger partial charge in [-0.3, -0.25) is 10.1 Å². The van der Waals surface area contributed by atoms with Gasteiger partial charge in [0.1, 0.15) is 22.9 Å². The number of nitro groups is 1. The van der Waals surface area contributed by atoms with E-state index < -0.39 is 4.92 Å². The van der Waals surface area contributed by atoms with Crippen LogP contribution in [-0.2, 0) is 0 Å². The summed E-state index contributed by atoms with van der Waals surface area (Å²) < 4.78 is 10.6. The van der Waals surface area contributed by atoms with E-state index in [4.69, 9.17) is 9.47 Å². The number of phenols is 1. The monoisotopic (exact) mass is 420 g/mol. The second-order valence-electron chi connectivity index (χ2n) is 6.41. The molecule has 0 bridgehead atoms. The van der Waals surface area contributed by atoms with Crippen molar-refractivity contribution < 1.29 is 19.5 Å². The van der Waals surface area contributed by atoms with Gasteiger partial charge in [-0.15, -0.1) is 0 Å². The van der Waals surface area contributed by atoms with Crippen molar-refractivity contribution in [3.05, 3.63) is 76.3 Å². The first-order chi connectivity index (χ1) is 14.9. The number of hydrogen-bond acceptors (Lipinski definition) is 8. The Morgan fingerprint density at radius 3 is 2.26 bits per heavy atom. The van der Waals surface area contributed by atoms with E-state index in [0.29, 0.717) is 39.8 Å². The molecule has 0 saturated carbocycles. The molecule has 1 N–H and O–H groups in total. The van der Waals surface area contributed by atoms with Crippen molar-refractivity contribution in [2.75, 3.05) is 14.2 Å². The van der Waals surface area contributed by atoms with Gasteiger partial charge in [0.05, 0.1) is 30.5 Å². The molecular weight excluding hydrogens is 400 g/mol. The van der Waals surface area contributed by atoms with Crippen LogP contribution in [0.3, 0.4) is 0 Å². The summed E-state index contributed by atoms with van der Waals surface area (Å²) in [5.74, 6) is 1.22. The maximum absolute atomic E-state index is 10.7. The molecule has 3 rings (SSSR count). The molecule has 158 valence electrons. The van der Waals surface area contributed by atoms with Crippen LogP contribution in [0.15, 0.2) is 75.9 Å². The fourth-order valence-electron chi connectivity index (χ4n) is 2.75. The van der Waals surface area contributed by atoms with Gasteiger partial charge in [-0.1, -0.05) is 0 Å². The van der Waals surface area contributed by atoms with E-state index in [2.05, 4.69) is 15.2 Å². The van der Waals surface area contributed by atoms with E-state index in [-0.39, 0.29) is 11.4 Å². The van der Waals surface area contributed by atoms with Crippen molar-refractivity contribution in [3.8, 4) is 17.2 Å². The number of aromatic hydroxyl groups is 1. The standard InChI is InChI=1S/C22H20N4O5/c1-14(23-20-10-9-18(30-2)13-22(20)31-3)19-12-16(6-11-21(19)27)25-24-15-4-7-17(8-5-15)26(28)29/h4-13,27H,1-3H3. The van der Waals surface area contributed by atoms with E-state index >= 15 is 0 Å². The van der Waals surface area contributed by atoms with Gasteiger partial charge in [0.2, 0.25) is 0 Å². The molecule has 0 aliphatic heterocycles. The largest absolute Gasteiger partial charge is 0.507 e. The maximum atomic E-state index is 10.7. The van der Waals surface area contributed by atoms with Crippen molar-refractivity contribution >= 4 is 28.5 Å². The number of nitro benzene ring substituents is 1. The number of rotatable bonds is 7. The molecule has 0 fully saturated rings. The molecule has 0 aliphatic carbocycles. The van der Waals surface area contributed by atoms with Crippen LogP contribution < -0.4 is 9.47 Å². The Morgan fingerprint density at radius 1 is 0.935 bits per heavy atom. The SMILES string of the molecule is COc1ccc(N=C(C)c2cc(N=Nc3ccc([N+](=O)[O-])cc3)ccc2O)c(OC)c1. The van der Waals surface area contributed by atoms with Crippen molar-refractivity contribution in [2.45, 2.75) is 6.92 Å². The smallest absolute Gasteiger partial charge is 0.269 e. The topological polar surface area (TPSA) is 119 Å². The van der Waals surface area contributed by atoms with Gasteiger partial charge < -0.3 is 14.6 Å². The Morgan fingerprint density at radius 2 is 1.61 bits per heavy atom. The molecule has 0 heterocycles. The number of hydrogen-bond donors (Lipinski definition) is 1. The van der Waals surface area contributed by atoms with Gasteiger partial charge in [-0.05, 0) is 49.4 Å². The number of azo groups is 1. The highest BCUT2D eigenvalue weighted by molar-refractivity contribution is 6.03. The summed E-state index contributed by atoms with van der Waals surface area (Å²) in [5, 5.41) is 29.3. The average molecular weight is 420 g/mol. The summed E-state index contributed by atoms with van der Waals surface area (Å²) in [6.45, 7) is 1.76. The molecule has 9 nitrogen and oxygen atoms in total. The minimum Gasteiger partial charge on any atom is -0.507 e. The number of ether oxygens (including phenoxy) is 2. The van der Waals surface area contributed by atoms with E-state index in [9.17, 15) is 15.2 Å². The molecule has 0 spiro atoms. The molecule has 0 unspecified atom stereocenters. The maximum Gasteiger partial charge on any atom is 0.269 e. The third kappa shape index (κ3) is 5.21. The lowest BCUT2D eigenvalue weighted by atomic mass is 10.1. The molecule has 0 amide bonds. The summed E-state index contributed by atoms with van der Waals surface area (Å²) in [5.41, 5.74) is 2.55. The Labute approximate surface area is 178 Å². The first-order valence-electron chi connectivity index (χ1n) is 9.18. The van der Waals surface area contributed by atoms with E-state index in [1.165, 1.54) is 30.3 Å². The highest BCUT2D eigenvalue weighted by Gasteiger charge is 2.10. The molecule has 0 saturated heterocycles. The second kappa shape index (κ2) is 9.49. The molecule has 0 radical (unpaired) electrons. The zero-order chi connectivity index (χ0) is 22.4. The van der Waals surface area contributed by atoms with Gasteiger partial charge in [-0.25, -0.2) is 4.99 Å². The Bertz CT molecular complexity index is 1160. The van der Waals surface area contributed by atoms with Crippen LogP contribution in [-0.4, -0.2) is 30.0 Å². The molecule has 9 heteroatoms. The fraction of sp³-hybridized carbons (Fsp3) is 0.136. The Kier molecular flexibility index (Phi) is 6.56. The number of nitrogens with zero attached hydrogens (tertiary/aromatic N) is 4. The lowest BCUT2D eigenvalue weighted by Crippen LogP contribution is -1.95. The molecular formula is C22H20N4O5. The predicted octanol–water partition coefficient (Wildman–Crippen LogP) is 5.87. The van der Waals surface area contributed by atoms with Crippen LogP contribution in [0.4, 0.5) is 22.7 Å². The number of phenolic OH excluding ortho intramolecular Hbond substituents is 1. The van der Waals surface area contributed by atoms with Crippen LogP contribution in [0.5, 0.6) is 17.2 Å². The van der Waals surface area contributed by atoms with Crippen molar-refractivity contribution in [1.29, 1.82) is 0 Å². The van der Waals surface area contributed by atoms with E-state index in [1.54, 1.807) is 51.5 Å². The van der Waals surface area contributed by atoms with Gasteiger partial charge in [-0.2, -0.15) is 10.2 Å². The normalized spacial score (nSPS) is 11.5.